The second kappa shape index (κ2) is 3.99. The van der Waals surface area contributed by atoms with E-state index < -0.39 is 28.8 Å². The van der Waals surface area contributed by atoms with Gasteiger partial charge in [0.05, 0.1) is 5.56 Å². The number of carbonyl (C=O) groups is 2. The molecule has 4 N–H and O–H groups in total. The molecule has 2 aromatic rings. The van der Waals surface area contributed by atoms with Crippen LogP contribution in [0.1, 0.15) is 37.4 Å². The van der Waals surface area contributed by atoms with Crippen LogP contribution in [0.25, 0.3) is 0 Å². The maximum absolute atomic E-state index is 12.5. The molecule has 0 amide bonds. The SMILES string of the molecule is Cc1c(O)c(O)c(O)c2c1C(=O)c1cc(O)ccc1C2=O. The Kier molecular flexibility index (Phi) is 2.47. The highest BCUT2D eigenvalue weighted by Gasteiger charge is 2.36. The highest BCUT2D eigenvalue weighted by atomic mass is 16.3. The maximum atomic E-state index is 12.5. The number of ketones is 2. The summed E-state index contributed by atoms with van der Waals surface area (Å²) in [5.41, 5.74) is -0.519. The Morgan fingerprint density at radius 3 is 2.05 bits per heavy atom. The van der Waals surface area contributed by atoms with Crippen LogP contribution >= 0.6 is 0 Å². The fourth-order valence-corrected chi connectivity index (χ4v) is 2.52. The first-order valence-electron chi connectivity index (χ1n) is 6.04. The third-order valence-electron chi connectivity index (χ3n) is 3.61. The molecule has 6 heteroatoms. The number of phenolic OH excluding ortho intramolecular Hbond substituents is 4. The molecular formula is C15H10O6. The first-order chi connectivity index (χ1) is 9.84. The van der Waals surface area contributed by atoms with Gasteiger partial charge in [0.1, 0.15) is 5.75 Å². The monoisotopic (exact) mass is 286 g/mol. The largest absolute Gasteiger partial charge is 0.508 e. The highest BCUT2D eigenvalue weighted by Crippen LogP contribution is 2.46. The van der Waals surface area contributed by atoms with Gasteiger partial charge in [-0.3, -0.25) is 9.59 Å². The number of carbonyl (C=O) groups excluding carboxylic acids is 2. The van der Waals surface area contributed by atoms with E-state index >= 15 is 0 Å². The lowest BCUT2D eigenvalue weighted by Gasteiger charge is -2.21. The number of benzene rings is 2. The van der Waals surface area contributed by atoms with Gasteiger partial charge in [-0.1, -0.05) is 0 Å². The first-order valence-corrected chi connectivity index (χ1v) is 6.04. The van der Waals surface area contributed by atoms with Crippen LogP contribution in [0.4, 0.5) is 0 Å². The molecule has 1 aliphatic rings. The van der Waals surface area contributed by atoms with Gasteiger partial charge in [-0.25, -0.2) is 0 Å². The van der Waals surface area contributed by atoms with Crippen molar-refractivity contribution in [1.29, 1.82) is 0 Å². The average molecular weight is 286 g/mol. The number of phenols is 4. The second-order valence-electron chi connectivity index (χ2n) is 4.81. The number of hydrogen-bond acceptors (Lipinski definition) is 6. The van der Waals surface area contributed by atoms with Gasteiger partial charge in [-0.05, 0) is 25.1 Å². The lowest BCUT2D eigenvalue weighted by Crippen LogP contribution is -2.22. The fourth-order valence-electron chi connectivity index (χ4n) is 2.52. The van der Waals surface area contributed by atoms with Crippen LogP contribution in [-0.2, 0) is 0 Å². The van der Waals surface area contributed by atoms with Crippen molar-refractivity contribution in [3.8, 4) is 23.0 Å². The van der Waals surface area contributed by atoms with Crippen LogP contribution < -0.4 is 0 Å². The molecule has 0 radical (unpaired) electrons. The van der Waals surface area contributed by atoms with E-state index in [0.717, 1.165) is 6.07 Å². The predicted octanol–water partition coefficient (Wildman–Crippen LogP) is 1.59. The van der Waals surface area contributed by atoms with E-state index in [1.54, 1.807) is 0 Å². The van der Waals surface area contributed by atoms with E-state index in [2.05, 4.69) is 0 Å². The van der Waals surface area contributed by atoms with Crippen molar-refractivity contribution in [2.45, 2.75) is 6.92 Å². The Morgan fingerprint density at radius 1 is 0.762 bits per heavy atom. The van der Waals surface area contributed by atoms with Gasteiger partial charge in [-0.15, -0.1) is 0 Å². The van der Waals surface area contributed by atoms with Gasteiger partial charge in [0.25, 0.3) is 0 Å². The van der Waals surface area contributed by atoms with E-state index in [1.165, 1.54) is 19.1 Å². The van der Waals surface area contributed by atoms with Crippen molar-refractivity contribution >= 4 is 11.6 Å². The van der Waals surface area contributed by atoms with Gasteiger partial charge >= 0.3 is 0 Å². The standard InChI is InChI=1S/C15H10O6/c1-5-9-10(14(20)15(21)11(5)17)12(18)7-3-2-6(16)4-8(7)13(9)19/h2-4,16-17,20-21H,1H3. The van der Waals surface area contributed by atoms with Gasteiger partial charge < -0.3 is 20.4 Å². The molecule has 0 aromatic heterocycles. The second-order valence-corrected chi connectivity index (χ2v) is 4.81. The molecule has 6 nitrogen and oxygen atoms in total. The number of aromatic hydroxyl groups is 4. The van der Waals surface area contributed by atoms with Crippen LogP contribution in [0, 0.1) is 6.92 Å². The van der Waals surface area contributed by atoms with Gasteiger partial charge in [-0.2, -0.15) is 0 Å². The third-order valence-corrected chi connectivity index (χ3v) is 3.61. The van der Waals surface area contributed by atoms with Crippen molar-refractivity contribution in [3.05, 3.63) is 46.0 Å². The molecule has 106 valence electrons. The van der Waals surface area contributed by atoms with Crippen molar-refractivity contribution in [2.75, 3.05) is 0 Å². The fraction of sp³-hybridized carbons (Fsp3) is 0.0667. The maximum Gasteiger partial charge on any atom is 0.201 e. The van der Waals surface area contributed by atoms with Crippen molar-refractivity contribution in [1.82, 2.24) is 0 Å². The zero-order chi connectivity index (χ0) is 15.5. The zero-order valence-electron chi connectivity index (χ0n) is 10.8. The average Bonchev–Trinajstić information content (AvgIpc) is 2.46. The Labute approximate surface area is 118 Å². The summed E-state index contributed by atoms with van der Waals surface area (Å²) in [6.45, 7) is 1.35. The molecule has 0 spiro atoms. The summed E-state index contributed by atoms with van der Waals surface area (Å²) in [7, 11) is 0. The van der Waals surface area contributed by atoms with Crippen LogP contribution in [0.15, 0.2) is 18.2 Å². The third kappa shape index (κ3) is 1.53. The summed E-state index contributed by atoms with van der Waals surface area (Å²) >= 11 is 0. The highest BCUT2D eigenvalue weighted by molar-refractivity contribution is 6.30. The minimum absolute atomic E-state index is 0.00681. The molecule has 0 saturated carbocycles. The molecule has 0 bridgehead atoms. The molecule has 0 atom stereocenters. The van der Waals surface area contributed by atoms with Gasteiger partial charge in [0.2, 0.25) is 5.75 Å². The van der Waals surface area contributed by atoms with Gasteiger partial charge in [0, 0.05) is 22.3 Å². The van der Waals surface area contributed by atoms with E-state index in [-0.39, 0.29) is 33.6 Å². The molecule has 0 saturated heterocycles. The Balaban J connectivity index is 2.44. The minimum atomic E-state index is -0.838. The van der Waals surface area contributed by atoms with E-state index in [1.807, 2.05) is 0 Å². The molecule has 0 fully saturated rings. The van der Waals surface area contributed by atoms with Gasteiger partial charge in [0.15, 0.2) is 23.1 Å². The molecule has 21 heavy (non-hydrogen) atoms. The molecular weight excluding hydrogens is 276 g/mol. The molecule has 1 aliphatic carbocycles. The number of hydrogen-bond donors (Lipinski definition) is 4. The van der Waals surface area contributed by atoms with Crippen LogP contribution in [0.2, 0.25) is 0 Å². The topological polar surface area (TPSA) is 115 Å². The first kappa shape index (κ1) is 13.0. The summed E-state index contributed by atoms with van der Waals surface area (Å²) in [5, 5.41) is 38.7. The molecule has 0 unspecified atom stereocenters. The van der Waals surface area contributed by atoms with E-state index in [4.69, 9.17) is 0 Å². The summed E-state index contributed by atoms with van der Waals surface area (Å²) < 4.78 is 0. The van der Waals surface area contributed by atoms with Crippen molar-refractivity contribution in [3.63, 3.8) is 0 Å². The molecule has 0 aliphatic heterocycles. The van der Waals surface area contributed by atoms with Crippen molar-refractivity contribution < 1.29 is 30.0 Å². The van der Waals surface area contributed by atoms with Crippen molar-refractivity contribution in [2.24, 2.45) is 0 Å². The zero-order valence-corrected chi connectivity index (χ0v) is 10.8. The van der Waals surface area contributed by atoms with E-state index in [9.17, 15) is 30.0 Å². The summed E-state index contributed by atoms with van der Waals surface area (Å²) in [6.07, 6.45) is 0. The number of rotatable bonds is 0. The van der Waals surface area contributed by atoms with E-state index in [0.29, 0.717) is 0 Å². The van der Waals surface area contributed by atoms with Crippen LogP contribution in [-0.4, -0.2) is 32.0 Å². The van der Waals surface area contributed by atoms with Crippen LogP contribution in [0.5, 0.6) is 23.0 Å². The summed E-state index contributed by atoms with van der Waals surface area (Å²) in [4.78, 5) is 24.9. The minimum Gasteiger partial charge on any atom is -0.508 e. The molecule has 0 heterocycles. The summed E-state index contributed by atoms with van der Waals surface area (Å²) in [5.74, 6) is -3.77. The lowest BCUT2D eigenvalue weighted by molar-refractivity contribution is 0.0975. The lowest BCUT2D eigenvalue weighted by atomic mass is 9.81. The predicted molar refractivity (Wildman–Crippen MR) is 71.1 cm³/mol. The molecule has 3 rings (SSSR count). The van der Waals surface area contributed by atoms with Crippen LogP contribution in [0.3, 0.4) is 0 Å². The Hall–Kier alpha value is -3.02. The smallest absolute Gasteiger partial charge is 0.201 e. The summed E-state index contributed by atoms with van der Waals surface area (Å²) in [6, 6.07) is 3.67. The Bertz CT molecular complexity index is 835. The Morgan fingerprint density at radius 2 is 1.38 bits per heavy atom. The quantitative estimate of drug-likeness (QED) is 0.466. The number of fused-ring (bicyclic) bond motifs is 2. The molecule has 2 aromatic carbocycles. The normalized spacial score (nSPS) is 13.0.